The van der Waals surface area contributed by atoms with E-state index >= 15 is 0 Å². The molecule has 1 nitrogen and oxygen atoms in total. The van der Waals surface area contributed by atoms with Crippen molar-refractivity contribution in [3.05, 3.63) is 93.5 Å². The average Bonchev–Trinajstić information content (AvgIpc) is 3.09. The molecule has 34 heavy (non-hydrogen) atoms. The van der Waals surface area contributed by atoms with Gasteiger partial charge in [0.15, 0.2) is 6.29 Å². The van der Waals surface area contributed by atoms with E-state index in [1.54, 1.807) is 0 Å². The van der Waals surface area contributed by atoms with Crippen LogP contribution in [0.4, 0.5) is 0 Å². The molecule has 1 saturated carbocycles. The summed E-state index contributed by atoms with van der Waals surface area (Å²) >= 11 is 0. The standard InChI is InChI=1S/C33H34O/c1-5-24-20-26(22-34)25(21-30(24)33(4)17-9-6-10-18-33)15-13-23-14-16-28-27-11-7-8-12-29(27)32(2,3)31(28)19-23/h7-8,11-12,14,16,19-22H,5-6,9-10,17-18H2,1-4H3. The molecule has 0 N–H and O–H groups in total. The van der Waals surface area contributed by atoms with E-state index in [0.29, 0.717) is 5.56 Å². The van der Waals surface area contributed by atoms with Crippen molar-refractivity contribution in [1.29, 1.82) is 0 Å². The SMILES string of the molecule is CCc1cc(C=O)c(C#Cc2ccc3c(c2)C(C)(C)c2ccccc2-3)cc1C1(C)CCCCC1. The molecule has 0 aliphatic heterocycles. The van der Waals surface area contributed by atoms with Gasteiger partial charge in [-0.1, -0.05) is 89.1 Å². The molecule has 0 saturated heterocycles. The first-order chi connectivity index (χ1) is 16.4. The van der Waals surface area contributed by atoms with Crippen LogP contribution in [0.5, 0.6) is 0 Å². The van der Waals surface area contributed by atoms with Gasteiger partial charge in [0.1, 0.15) is 0 Å². The third-order valence-corrected chi connectivity index (χ3v) is 8.32. The molecule has 0 radical (unpaired) electrons. The second kappa shape index (κ2) is 8.59. The van der Waals surface area contributed by atoms with E-state index in [2.05, 4.69) is 94.1 Å². The summed E-state index contributed by atoms with van der Waals surface area (Å²) in [5.41, 5.74) is 10.7. The van der Waals surface area contributed by atoms with Gasteiger partial charge in [0.2, 0.25) is 0 Å². The molecule has 0 aromatic heterocycles. The van der Waals surface area contributed by atoms with Crippen LogP contribution >= 0.6 is 0 Å². The lowest BCUT2D eigenvalue weighted by molar-refractivity contribution is 0.112. The van der Waals surface area contributed by atoms with Gasteiger partial charge in [-0.3, -0.25) is 4.79 Å². The smallest absolute Gasteiger partial charge is 0.151 e. The summed E-state index contributed by atoms with van der Waals surface area (Å²) in [6, 6.07) is 19.6. The van der Waals surface area contributed by atoms with Crippen LogP contribution in [0.15, 0.2) is 54.6 Å². The first-order valence-electron chi connectivity index (χ1n) is 12.8. The number of aryl methyl sites for hydroxylation is 1. The maximum absolute atomic E-state index is 12.0. The molecule has 0 heterocycles. The van der Waals surface area contributed by atoms with Gasteiger partial charge in [0, 0.05) is 22.1 Å². The van der Waals surface area contributed by atoms with Gasteiger partial charge >= 0.3 is 0 Å². The Kier molecular flexibility index (Phi) is 5.73. The number of benzene rings is 3. The van der Waals surface area contributed by atoms with Crippen LogP contribution in [0.1, 0.15) is 104 Å². The Morgan fingerprint density at radius 1 is 0.824 bits per heavy atom. The van der Waals surface area contributed by atoms with Crippen molar-refractivity contribution in [2.24, 2.45) is 0 Å². The number of rotatable bonds is 3. The first-order valence-corrected chi connectivity index (χ1v) is 12.8. The van der Waals surface area contributed by atoms with Gasteiger partial charge in [-0.15, -0.1) is 0 Å². The largest absolute Gasteiger partial charge is 0.298 e. The summed E-state index contributed by atoms with van der Waals surface area (Å²) in [4.78, 5) is 12.0. The van der Waals surface area contributed by atoms with Crippen molar-refractivity contribution < 1.29 is 4.79 Å². The normalized spacial score (nSPS) is 17.3. The van der Waals surface area contributed by atoms with Gasteiger partial charge in [-0.2, -0.15) is 0 Å². The molecular formula is C33H34O. The van der Waals surface area contributed by atoms with E-state index in [-0.39, 0.29) is 10.8 Å². The summed E-state index contributed by atoms with van der Waals surface area (Å²) in [7, 11) is 0. The fourth-order valence-electron chi connectivity index (χ4n) is 6.25. The van der Waals surface area contributed by atoms with Crippen LogP contribution in [0.25, 0.3) is 11.1 Å². The summed E-state index contributed by atoms with van der Waals surface area (Å²) in [6.07, 6.45) is 8.24. The zero-order valence-electron chi connectivity index (χ0n) is 20.9. The maximum atomic E-state index is 12.0. The van der Waals surface area contributed by atoms with Crippen molar-refractivity contribution in [2.45, 2.75) is 77.0 Å². The Bertz CT molecular complexity index is 1320. The van der Waals surface area contributed by atoms with E-state index < -0.39 is 0 Å². The molecular weight excluding hydrogens is 412 g/mol. The van der Waals surface area contributed by atoms with Crippen LogP contribution in [0.2, 0.25) is 0 Å². The Labute approximate surface area is 204 Å². The number of fused-ring (bicyclic) bond motifs is 3. The molecule has 3 aromatic carbocycles. The van der Waals surface area contributed by atoms with Gasteiger partial charge < -0.3 is 0 Å². The first kappa shape index (κ1) is 22.7. The van der Waals surface area contributed by atoms with Crippen LogP contribution in [0, 0.1) is 11.8 Å². The van der Waals surface area contributed by atoms with E-state index in [9.17, 15) is 4.79 Å². The molecule has 0 unspecified atom stereocenters. The highest BCUT2D eigenvalue weighted by Crippen LogP contribution is 2.48. The van der Waals surface area contributed by atoms with Crippen molar-refractivity contribution >= 4 is 6.29 Å². The molecule has 2 aliphatic carbocycles. The zero-order chi connectivity index (χ0) is 23.9. The van der Waals surface area contributed by atoms with Crippen LogP contribution in [-0.4, -0.2) is 6.29 Å². The Balaban J connectivity index is 1.56. The van der Waals surface area contributed by atoms with Gasteiger partial charge in [-0.05, 0) is 82.3 Å². The second-order valence-electron chi connectivity index (χ2n) is 10.9. The molecule has 0 atom stereocenters. The maximum Gasteiger partial charge on any atom is 0.151 e. The van der Waals surface area contributed by atoms with Crippen LogP contribution in [0.3, 0.4) is 0 Å². The third-order valence-electron chi connectivity index (χ3n) is 8.32. The molecule has 3 aromatic rings. The lowest BCUT2D eigenvalue weighted by Gasteiger charge is -2.36. The fraction of sp³-hybridized carbons (Fsp3) is 0.364. The van der Waals surface area contributed by atoms with Crippen LogP contribution < -0.4 is 0 Å². The van der Waals surface area contributed by atoms with Crippen molar-refractivity contribution in [2.75, 3.05) is 0 Å². The summed E-state index contributed by atoms with van der Waals surface area (Å²) in [6.45, 7) is 9.17. The van der Waals surface area contributed by atoms with Crippen molar-refractivity contribution in [1.82, 2.24) is 0 Å². The number of hydrogen-bond acceptors (Lipinski definition) is 1. The van der Waals surface area contributed by atoms with E-state index in [0.717, 1.165) is 23.8 Å². The molecule has 0 spiro atoms. The Morgan fingerprint density at radius 3 is 2.29 bits per heavy atom. The average molecular weight is 447 g/mol. The molecule has 1 heteroatoms. The number of carbonyl (C=O) groups is 1. The predicted molar refractivity (Wildman–Crippen MR) is 142 cm³/mol. The second-order valence-corrected chi connectivity index (χ2v) is 10.9. The summed E-state index contributed by atoms with van der Waals surface area (Å²) < 4.78 is 0. The van der Waals surface area contributed by atoms with E-state index in [1.807, 2.05) is 0 Å². The molecule has 5 rings (SSSR count). The van der Waals surface area contributed by atoms with Crippen LogP contribution in [-0.2, 0) is 17.3 Å². The molecule has 1 fully saturated rings. The van der Waals surface area contributed by atoms with Gasteiger partial charge in [0.25, 0.3) is 0 Å². The molecule has 0 amide bonds. The lowest BCUT2D eigenvalue weighted by atomic mass is 9.69. The third kappa shape index (κ3) is 3.70. The number of aldehydes is 1. The minimum atomic E-state index is -0.0386. The van der Waals surface area contributed by atoms with E-state index in [1.165, 1.54) is 65.5 Å². The topological polar surface area (TPSA) is 17.1 Å². The highest BCUT2D eigenvalue weighted by molar-refractivity contribution is 5.82. The fourth-order valence-corrected chi connectivity index (χ4v) is 6.25. The monoisotopic (exact) mass is 446 g/mol. The van der Waals surface area contributed by atoms with Gasteiger partial charge in [-0.25, -0.2) is 0 Å². The minimum absolute atomic E-state index is 0.0386. The summed E-state index contributed by atoms with van der Waals surface area (Å²) in [5.74, 6) is 6.79. The lowest BCUT2D eigenvalue weighted by Crippen LogP contribution is -2.26. The van der Waals surface area contributed by atoms with Gasteiger partial charge in [0.05, 0.1) is 0 Å². The molecule has 172 valence electrons. The number of hydrogen-bond donors (Lipinski definition) is 0. The number of carbonyl (C=O) groups excluding carboxylic acids is 1. The molecule has 2 aliphatic rings. The van der Waals surface area contributed by atoms with E-state index in [4.69, 9.17) is 0 Å². The quantitative estimate of drug-likeness (QED) is 0.294. The zero-order valence-corrected chi connectivity index (χ0v) is 20.9. The Morgan fingerprint density at radius 2 is 1.56 bits per heavy atom. The highest BCUT2D eigenvalue weighted by atomic mass is 16.1. The highest BCUT2D eigenvalue weighted by Gasteiger charge is 2.35. The minimum Gasteiger partial charge on any atom is -0.298 e. The predicted octanol–water partition coefficient (Wildman–Crippen LogP) is 7.99. The van der Waals surface area contributed by atoms with Crippen molar-refractivity contribution in [3.8, 4) is 23.0 Å². The van der Waals surface area contributed by atoms with Crippen molar-refractivity contribution in [3.63, 3.8) is 0 Å². The summed E-state index contributed by atoms with van der Waals surface area (Å²) in [5, 5.41) is 0. The Hall–Kier alpha value is -3.11. The molecule has 0 bridgehead atoms.